The maximum absolute atomic E-state index is 11.5. The molecule has 28 heavy (non-hydrogen) atoms. The molecule has 0 amide bonds. The van der Waals surface area contributed by atoms with Gasteiger partial charge in [0.15, 0.2) is 0 Å². The van der Waals surface area contributed by atoms with Crippen molar-refractivity contribution in [3.8, 4) is 0 Å². The Labute approximate surface area is 180 Å². The van der Waals surface area contributed by atoms with Crippen LogP contribution in [0.25, 0.3) is 0 Å². The first-order valence-electron chi connectivity index (χ1n) is 11.3. The van der Waals surface area contributed by atoms with Crippen molar-refractivity contribution >= 4 is 5.97 Å². The number of carbonyl (C=O) groups is 1. The first kappa shape index (κ1) is 21.4. The number of methoxy groups -OCH3 is 1. The van der Waals surface area contributed by atoms with E-state index in [-0.39, 0.29) is 39.4 Å². The van der Waals surface area contributed by atoms with Gasteiger partial charge in [-0.1, -0.05) is 0 Å². The predicted molar refractivity (Wildman–Crippen MR) is 104 cm³/mol. The zero-order valence-electron chi connectivity index (χ0n) is 17.7. The number of halogens is 1. The van der Waals surface area contributed by atoms with Crippen LogP contribution in [-0.4, -0.2) is 43.3 Å². The zero-order valence-corrected chi connectivity index (χ0v) is 19.9. The van der Waals surface area contributed by atoms with Gasteiger partial charge in [0, 0.05) is 0 Å². The molecule has 4 aliphatic rings. The molecule has 162 valence electrons. The molecule has 0 aromatic carbocycles. The van der Waals surface area contributed by atoms with Gasteiger partial charge in [-0.3, -0.25) is 0 Å². The average molecular weight is 505 g/mol. The summed E-state index contributed by atoms with van der Waals surface area (Å²) in [6, 6.07) is 0. The van der Waals surface area contributed by atoms with E-state index in [9.17, 15) is 15.0 Å². The summed E-state index contributed by atoms with van der Waals surface area (Å²) in [5.74, 6) is 2.93. The van der Waals surface area contributed by atoms with Gasteiger partial charge in [-0.15, -0.1) is 0 Å². The molecule has 3 aliphatic carbocycles. The van der Waals surface area contributed by atoms with E-state index in [2.05, 4.69) is 13.8 Å². The number of alkyl halides is 2. The first-order valence-corrected chi connectivity index (χ1v) is 13.9. The van der Waals surface area contributed by atoms with Crippen LogP contribution in [0.1, 0.15) is 71.6 Å². The quantitative estimate of drug-likeness (QED) is 0.330. The Morgan fingerprint density at radius 2 is 1.93 bits per heavy atom. The standard InChI is InChI=1S/C23H38IO4/c1-22-10-9-16(25)11-15(22)12-19(26)21-17-8-7-14(5-4-6-20(27)28-3)23(17,2)24-13-18(21)22/h14-19,21,25-26H,4-13H2,1-3H3/q-1. The Kier molecular flexibility index (Phi) is 6.09. The summed E-state index contributed by atoms with van der Waals surface area (Å²) < 4.78 is 6.58. The summed E-state index contributed by atoms with van der Waals surface area (Å²) in [7, 11) is 1.48. The molecule has 5 heteroatoms. The molecule has 0 radical (unpaired) electrons. The predicted octanol–water partition coefficient (Wildman–Crippen LogP) is 0.382. The molecule has 1 heterocycles. The van der Waals surface area contributed by atoms with Gasteiger partial charge in [0.05, 0.1) is 0 Å². The molecule has 3 saturated carbocycles. The summed E-state index contributed by atoms with van der Waals surface area (Å²) in [5, 5.41) is 21.4. The second kappa shape index (κ2) is 7.99. The molecule has 4 nitrogen and oxygen atoms in total. The van der Waals surface area contributed by atoms with Gasteiger partial charge in [-0.25, -0.2) is 0 Å². The van der Waals surface area contributed by atoms with Gasteiger partial charge < -0.3 is 0 Å². The van der Waals surface area contributed by atoms with E-state index >= 15 is 0 Å². The molecule has 4 rings (SSSR count). The van der Waals surface area contributed by atoms with Crippen LogP contribution in [0.2, 0.25) is 0 Å². The van der Waals surface area contributed by atoms with Gasteiger partial charge in [0.25, 0.3) is 0 Å². The van der Waals surface area contributed by atoms with Crippen LogP contribution in [0.5, 0.6) is 0 Å². The summed E-state index contributed by atoms with van der Waals surface area (Å²) in [5.41, 5.74) is 0.327. The third-order valence-electron chi connectivity index (χ3n) is 9.29. The van der Waals surface area contributed by atoms with Crippen LogP contribution in [0, 0.1) is 35.0 Å². The second-order valence-electron chi connectivity index (χ2n) is 10.4. The van der Waals surface area contributed by atoms with Crippen molar-refractivity contribution < 1.29 is 40.9 Å². The molecule has 0 aromatic rings. The van der Waals surface area contributed by atoms with Gasteiger partial charge in [0.2, 0.25) is 0 Å². The van der Waals surface area contributed by atoms with Crippen LogP contribution in [0.4, 0.5) is 0 Å². The van der Waals surface area contributed by atoms with Crippen LogP contribution < -0.4 is 21.2 Å². The fourth-order valence-electron chi connectivity index (χ4n) is 7.53. The molecular weight excluding hydrogens is 467 g/mol. The number of hydrogen-bond donors (Lipinski definition) is 2. The molecule has 0 aromatic heterocycles. The summed E-state index contributed by atoms with van der Waals surface area (Å²) in [6.45, 7) is 5.02. The van der Waals surface area contributed by atoms with E-state index in [1.807, 2.05) is 0 Å². The average Bonchev–Trinajstić information content (AvgIpc) is 2.99. The Balaban J connectivity index is 1.49. The summed E-state index contributed by atoms with van der Waals surface area (Å²) in [6.07, 6.45) is 8.71. The van der Waals surface area contributed by atoms with Gasteiger partial charge in [-0.05, 0) is 0 Å². The van der Waals surface area contributed by atoms with Crippen LogP contribution in [0.15, 0.2) is 0 Å². The monoisotopic (exact) mass is 505 g/mol. The van der Waals surface area contributed by atoms with E-state index < -0.39 is 0 Å². The van der Waals surface area contributed by atoms with Gasteiger partial charge in [0.1, 0.15) is 0 Å². The molecule has 9 unspecified atom stereocenters. The number of esters is 1. The molecule has 0 bridgehead atoms. The zero-order chi connectivity index (χ0) is 20.1. The number of hydrogen-bond acceptors (Lipinski definition) is 4. The van der Waals surface area contributed by atoms with Crippen LogP contribution in [0.3, 0.4) is 0 Å². The Hall–Kier alpha value is 0.120. The fourth-order valence-corrected chi connectivity index (χ4v) is 13.1. The van der Waals surface area contributed by atoms with E-state index in [4.69, 9.17) is 4.74 Å². The minimum absolute atomic E-state index is 0.0770. The van der Waals surface area contributed by atoms with Crippen molar-refractivity contribution in [2.24, 2.45) is 35.0 Å². The SMILES string of the molecule is COC(=O)CCCC1CCC2C3C(O)CC4CC(O)CCC4(C)C3C[I-]C12C. The van der Waals surface area contributed by atoms with Gasteiger partial charge >= 0.3 is 181 Å². The summed E-state index contributed by atoms with van der Waals surface area (Å²) >= 11 is 0.0770. The molecular formula is C23H38IO4-. The molecule has 4 fully saturated rings. The van der Waals surface area contributed by atoms with Crippen LogP contribution in [-0.2, 0) is 9.53 Å². The van der Waals surface area contributed by atoms with E-state index in [0.29, 0.717) is 38.9 Å². The maximum atomic E-state index is 11.5. The number of aliphatic hydroxyl groups excluding tert-OH is 2. The number of rotatable bonds is 4. The number of fused-ring (bicyclic) bond motifs is 5. The Morgan fingerprint density at radius 1 is 1.14 bits per heavy atom. The first-order chi connectivity index (χ1) is 13.3. The third kappa shape index (κ3) is 3.45. The van der Waals surface area contributed by atoms with Crippen molar-refractivity contribution in [2.45, 2.75) is 87.3 Å². The van der Waals surface area contributed by atoms with Gasteiger partial charge in [-0.2, -0.15) is 0 Å². The van der Waals surface area contributed by atoms with E-state index in [1.54, 1.807) is 0 Å². The molecule has 0 spiro atoms. The molecule has 1 aliphatic heterocycles. The number of carbonyl (C=O) groups excluding carboxylic acids is 1. The van der Waals surface area contributed by atoms with Crippen molar-refractivity contribution in [3.63, 3.8) is 0 Å². The second-order valence-corrected chi connectivity index (χ2v) is 14.4. The normalized spacial score (nSPS) is 50.7. The van der Waals surface area contributed by atoms with E-state index in [1.165, 1.54) is 24.4 Å². The van der Waals surface area contributed by atoms with Crippen molar-refractivity contribution in [1.82, 2.24) is 0 Å². The molecule has 1 saturated heterocycles. The molecule has 2 N–H and O–H groups in total. The van der Waals surface area contributed by atoms with Crippen molar-refractivity contribution in [3.05, 3.63) is 0 Å². The Morgan fingerprint density at radius 3 is 2.68 bits per heavy atom. The number of aliphatic hydroxyl groups is 2. The van der Waals surface area contributed by atoms with E-state index in [0.717, 1.165) is 44.4 Å². The topological polar surface area (TPSA) is 66.8 Å². The molecule has 9 atom stereocenters. The van der Waals surface area contributed by atoms with Crippen molar-refractivity contribution in [2.75, 3.05) is 11.5 Å². The van der Waals surface area contributed by atoms with Crippen LogP contribution >= 0.6 is 0 Å². The third-order valence-corrected chi connectivity index (χ3v) is 14.0. The minimum atomic E-state index is -0.184. The number of ether oxygens (including phenoxy) is 1. The van der Waals surface area contributed by atoms with Crippen molar-refractivity contribution in [1.29, 1.82) is 0 Å². The fraction of sp³-hybridized carbons (Fsp3) is 0.957. The Bertz CT molecular complexity index is 597. The summed E-state index contributed by atoms with van der Waals surface area (Å²) in [4.78, 5) is 11.5.